The van der Waals surface area contributed by atoms with Crippen LogP contribution in [-0.4, -0.2) is 48.7 Å². The van der Waals surface area contributed by atoms with Crippen molar-refractivity contribution in [3.8, 4) is 0 Å². The van der Waals surface area contributed by atoms with Gasteiger partial charge in [-0.2, -0.15) is 0 Å². The van der Waals surface area contributed by atoms with Gasteiger partial charge in [-0.1, -0.05) is 0 Å². The van der Waals surface area contributed by atoms with Gasteiger partial charge in [0, 0.05) is 38.2 Å². The van der Waals surface area contributed by atoms with Gasteiger partial charge in [0.2, 0.25) is 5.91 Å². The van der Waals surface area contributed by atoms with E-state index in [4.69, 9.17) is 4.74 Å². The van der Waals surface area contributed by atoms with E-state index in [1.54, 1.807) is 0 Å². The SMILES string of the molecule is CCOC1CC(CC(=O)N2CCNCC2(C)C)C1. The lowest BCUT2D eigenvalue weighted by Crippen LogP contribution is -2.60. The third-order valence-corrected chi connectivity index (χ3v) is 4.16. The highest BCUT2D eigenvalue weighted by atomic mass is 16.5. The van der Waals surface area contributed by atoms with Crippen LogP contribution in [0.25, 0.3) is 0 Å². The zero-order chi connectivity index (χ0) is 13.2. The molecule has 2 rings (SSSR count). The molecule has 0 aromatic carbocycles. The smallest absolute Gasteiger partial charge is 0.223 e. The van der Waals surface area contributed by atoms with Gasteiger partial charge in [-0.05, 0) is 39.5 Å². The van der Waals surface area contributed by atoms with Crippen molar-refractivity contribution < 1.29 is 9.53 Å². The van der Waals surface area contributed by atoms with Crippen molar-refractivity contribution in [1.29, 1.82) is 0 Å². The van der Waals surface area contributed by atoms with Crippen molar-refractivity contribution in [2.24, 2.45) is 5.92 Å². The maximum atomic E-state index is 12.3. The minimum absolute atomic E-state index is 0.0433. The van der Waals surface area contributed by atoms with Gasteiger partial charge in [-0.3, -0.25) is 4.79 Å². The van der Waals surface area contributed by atoms with E-state index in [1.165, 1.54) is 0 Å². The van der Waals surface area contributed by atoms with E-state index in [9.17, 15) is 4.79 Å². The fourth-order valence-corrected chi connectivity index (χ4v) is 3.02. The van der Waals surface area contributed by atoms with E-state index in [0.717, 1.165) is 39.1 Å². The third kappa shape index (κ3) is 3.04. The van der Waals surface area contributed by atoms with Crippen molar-refractivity contribution in [2.45, 2.75) is 51.7 Å². The molecule has 4 nitrogen and oxygen atoms in total. The van der Waals surface area contributed by atoms with Crippen molar-refractivity contribution in [2.75, 3.05) is 26.2 Å². The quantitative estimate of drug-likeness (QED) is 0.824. The van der Waals surface area contributed by atoms with Crippen LogP contribution in [0.5, 0.6) is 0 Å². The van der Waals surface area contributed by atoms with Crippen LogP contribution in [0, 0.1) is 5.92 Å². The highest BCUT2D eigenvalue weighted by molar-refractivity contribution is 5.77. The Morgan fingerprint density at radius 1 is 1.44 bits per heavy atom. The summed E-state index contributed by atoms with van der Waals surface area (Å²) in [5.74, 6) is 0.862. The standard InChI is InChI=1S/C14H26N2O2/c1-4-18-12-7-11(8-12)9-13(17)16-6-5-15-10-14(16,2)3/h11-12,15H,4-10H2,1-3H3. The number of hydrogen-bond acceptors (Lipinski definition) is 3. The molecule has 0 unspecified atom stereocenters. The number of carbonyl (C=O) groups excluding carboxylic acids is 1. The van der Waals surface area contributed by atoms with E-state index in [0.29, 0.717) is 24.3 Å². The predicted octanol–water partition coefficient (Wildman–Crippen LogP) is 1.40. The van der Waals surface area contributed by atoms with Gasteiger partial charge in [-0.15, -0.1) is 0 Å². The fourth-order valence-electron chi connectivity index (χ4n) is 3.02. The van der Waals surface area contributed by atoms with Crippen LogP contribution in [0.3, 0.4) is 0 Å². The molecule has 1 N–H and O–H groups in total. The first-order valence-electron chi connectivity index (χ1n) is 7.15. The Morgan fingerprint density at radius 3 is 2.78 bits per heavy atom. The van der Waals surface area contributed by atoms with E-state index in [2.05, 4.69) is 24.1 Å². The van der Waals surface area contributed by atoms with Crippen molar-refractivity contribution in [3.05, 3.63) is 0 Å². The van der Waals surface area contributed by atoms with Crippen LogP contribution < -0.4 is 5.32 Å². The Kier molecular flexibility index (Phi) is 4.28. The van der Waals surface area contributed by atoms with Crippen molar-refractivity contribution in [3.63, 3.8) is 0 Å². The van der Waals surface area contributed by atoms with E-state index in [-0.39, 0.29) is 5.54 Å². The maximum absolute atomic E-state index is 12.3. The summed E-state index contributed by atoms with van der Waals surface area (Å²) in [7, 11) is 0. The fraction of sp³-hybridized carbons (Fsp3) is 0.929. The van der Waals surface area contributed by atoms with Crippen LogP contribution in [0.15, 0.2) is 0 Å². The number of hydrogen-bond donors (Lipinski definition) is 1. The van der Waals surface area contributed by atoms with Gasteiger partial charge in [0.15, 0.2) is 0 Å². The number of nitrogens with one attached hydrogen (secondary N) is 1. The minimum atomic E-state index is -0.0433. The zero-order valence-corrected chi connectivity index (χ0v) is 11.9. The molecule has 0 bridgehead atoms. The zero-order valence-electron chi connectivity index (χ0n) is 11.9. The molecule has 1 aliphatic carbocycles. The molecule has 0 atom stereocenters. The Balaban J connectivity index is 1.78. The summed E-state index contributed by atoms with van der Waals surface area (Å²) in [6, 6.07) is 0. The normalized spacial score (nSPS) is 30.9. The van der Waals surface area contributed by atoms with E-state index in [1.807, 2.05) is 6.92 Å². The number of piperazine rings is 1. The molecule has 0 spiro atoms. The molecule has 0 aromatic rings. The topological polar surface area (TPSA) is 41.6 Å². The lowest BCUT2D eigenvalue weighted by Gasteiger charge is -2.44. The number of amides is 1. The second kappa shape index (κ2) is 5.57. The van der Waals surface area contributed by atoms with Crippen molar-refractivity contribution in [1.82, 2.24) is 10.2 Å². The second-order valence-electron chi connectivity index (χ2n) is 6.15. The first kappa shape index (κ1) is 13.8. The first-order valence-corrected chi connectivity index (χ1v) is 7.15. The molecule has 2 aliphatic rings. The monoisotopic (exact) mass is 254 g/mol. The molecule has 18 heavy (non-hydrogen) atoms. The van der Waals surface area contributed by atoms with Crippen molar-refractivity contribution >= 4 is 5.91 Å². The van der Waals surface area contributed by atoms with Crippen LogP contribution in [0.4, 0.5) is 0 Å². The van der Waals surface area contributed by atoms with Crippen LogP contribution in [0.1, 0.15) is 40.0 Å². The molecule has 1 saturated heterocycles. The summed E-state index contributed by atoms with van der Waals surface area (Å²) in [5.41, 5.74) is -0.0433. The third-order valence-electron chi connectivity index (χ3n) is 4.16. The average Bonchev–Trinajstić information content (AvgIpc) is 2.25. The summed E-state index contributed by atoms with van der Waals surface area (Å²) in [6.45, 7) is 9.75. The first-order chi connectivity index (χ1) is 8.53. The molecular formula is C14H26N2O2. The Bertz CT molecular complexity index is 298. The Hall–Kier alpha value is -0.610. The average molecular weight is 254 g/mol. The van der Waals surface area contributed by atoms with Gasteiger partial charge < -0.3 is 15.0 Å². The summed E-state index contributed by atoms with van der Waals surface area (Å²) < 4.78 is 5.54. The molecule has 4 heteroatoms. The summed E-state index contributed by atoms with van der Waals surface area (Å²) in [5, 5.41) is 3.35. The van der Waals surface area contributed by atoms with Gasteiger partial charge >= 0.3 is 0 Å². The molecule has 0 aromatic heterocycles. The van der Waals surface area contributed by atoms with Gasteiger partial charge in [-0.25, -0.2) is 0 Å². The summed E-state index contributed by atoms with van der Waals surface area (Å²) in [4.78, 5) is 14.4. The van der Waals surface area contributed by atoms with Crippen LogP contribution in [0.2, 0.25) is 0 Å². The lowest BCUT2D eigenvalue weighted by molar-refractivity contribution is -0.141. The van der Waals surface area contributed by atoms with Crippen LogP contribution >= 0.6 is 0 Å². The van der Waals surface area contributed by atoms with Gasteiger partial charge in [0.05, 0.1) is 6.10 Å². The molecule has 1 heterocycles. The highest BCUT2D eigenvalue weighted by Crippen LogP contribution is 2.33. The highest BCUT2D eigenvalue weighted by Gasteiger charge is 2.37. The Labute approximate surface area is 110 Å². The molecule has 1 amide bonds. The predicted molar refractivity (Wildman–Crippen MR) is 71.4 cm³/mol. The summed E-state index contributed by atoms with van der Waals surface area (Å²) in [6.07, 6.45) is 3.23. The largest absolute Gasteiger partial charge is 0.378 e. The van der Waals surface area contributed by atoms with E-state index >= 15 is 0 Å². The molecule has 104 valence electrons. The molecule has 2 fully saturated rings. The number of nitrogens with zero attached hydrogens (tertiary/aromatic N) is 1. The van der Waals surface area contributed by atoms with Crippen LogP contribution in [-0.2, 0) is 9.53 Å². The number of rotatable bonds is 4. The number of carbonyl (C=O) groups is 1. The maximum Gasteiger partial charge on any atom is 0.223 e. The lowest BCUT2D eigenvalue weighted by atomic mass is 9.79. The second-order valence-corrected chi connectivity index (χ2v) is 6.15. The number of ether oxygens (including phenoxy) is 1. The molecule has 0 radical (unpaired) electrons. The summed E-state index contributed by atoms with van der Waals surface area (Å²) >= 11 is 0. The Morgan fingerprint density at radius 2 is 2.17 bits per heavy atom. The van der Waals surface area contributed by atoms with Gasteiger partial charge in [0.25, 0.3) is 0 Å². The minimum Gasteiger partial charge on any atom is -0.378 e. The van der Waals surface area contributed by atoms with E-state index < -0.39 is 0 Å². The molecular weight excluding hydrogens is 228 g/mol. The molecule has 1 aliphatic heterocycles. The molecule has 1 saturated carbocycles. The van der Waals surface area contributed by atoms with Gasteiger partial charge in [0.1, 0.15) is 0 Å².